The normalized spacial score (nSPS) is 17.6. The standard InChI is InChI=1S/C33H46N6O9S/c1-6-19(4)28(38-29(41)23-9-7-8-14-34-23)31(43)35-24(18(2)3)16-27(48-20(5)40)32-37-26(17-49-32)30(42)36-25(33(44)45)15-21-10-12-22(13-11-21)39(46)47/h10-13,17-19,23-25,27-28,34H,6-9,14-16H2,1-5H3,(H,35,43)(H,36,42)(H,38,41)(H,44,45)/t19-,23+,24+,25-,27+,28-/m0/s1. The zero-order chi connectivity index (χ0) is 36.2. The number of non-ortho nitro benzene ring substituents is 1. The van der Waals surface area contributed by atoms with Crippen LogP contribution in [0.1, 0.15) is 93.9 Å². The number of rotatable bonds is 17. The first-order valence-corrected chi connectivity index (χ1v) is 17.3. The first-order chi connectivity index (χ1) is 23.2. The third-order valence-corrected chi connectivity index (χ3v) is 9.49. The van der Waals surface area contributed by atoms with Gasteiger partial charge < -0.3 is 31.1 Å². The number of hydrogen-bond acceptors (Lipinski definition) is 11. The van der Waals surface area contributed by atoms with E-state index < -0.39 is 47.0 Å². The lowest BCUT2D eigenvalue weighted by molar-refractivity contribution is -0.384. The molecule has 16 heteroatoms. The van der Waals surface area contributed by atoms with Gasteiger partial charge in [0, 0.05) is 43.3 Å². The van der Waals surface area contributed by atoms with Gasteiger partial charge in [0.05, 0.1) is 11.0 Å². The molecule has 1 aromatic heterocycles. The second-order valence-corrected chi connectivity index (χ2v) is 13.5. The van der Waals surface area contributed by atoms with Gasteiger partial charge in [0.15, 0.2) is 6.10 Å². The number of esters is 1. The van der Waals surface area contributed by atoms with E-state index in [9.17, 15) is 39.2 Å². The molecule has 3 rings (SSSR count). The molecule has 49 heavy (non-hydrogen) atoms. The maximum atomic E-state index is 13.6. The summed E-state index contributed by atoms with van der Waals surface area (Å²) >= 11 is 1.05. The molecule has 6 atom stereocenters. The summed E-state index contributed by atoms with van der Waals surface area (Å²) in [5.41, 5.74) is 0.230. The number of amides is 3. The average molecular weight is 703 g/mol. The van der Waals surface area contributed by atoms with Crippen molar-refractivity contribution in [3.8, 4) is 0 Å². The molecule has 1 saturated heterocycles. The topological polar surface area (TPSA) is 219 Å². The molecule has 0 saturated carbocycles. The van der Waals surface area contributed by atoms with Crippen LogP contribution in [0.3, 0.4) is 0 Å². The smallest absolute Gasteiger partial charge is 0.326 e. The van der Waals surface area contributed by atoms with Crippen molar-refractivity contribution in [2.24, 2.45) is 11.8 Å². The van der Waals surface area contributed by atoms with Crippen LogP contribution in [0.2, 0.25) is 0 Å². The maximum Gasteiger partial charge on any atom is 0.326 e. The summed E-state index contributed by atoms with van der Waals surface area (Å²) in [7, 11) is 0. The highest BCUT2D eigenvalue weighted by atomic mass is 32.1. The Bertz CT molecular complexity index is 1480. The number of carbonyl (C=O) groups is 5. The van der Waals surface area contributed by atoms with E-state index in [1.807, 2.05) is 27.7 Å². The average Bonchev–Trinajstić information content (AvgIpc) is 3.56. The van der Waals surface area contributed by atoms with Crippen molar-refractivity contribution in [1.82, 2.24) is 26.3 Å². The summed E-state index contributed by atoms with van der Waals surface area (Å²) in [6, 6.07) is 2.35. The van der Waals surface area contributed by atoms with E-state index >= 15 is 0 Å². The third kappa shape index (κ3) is 11.6. The summed E-state index contributed by atoms with van der Waals surface area (Å²) in [5, 5.41) is 34.0. The molecule has 1 aliphatic heterocycles. The largest absolute Gasteiger partial charge is 0.480 e. The highest BCUT2D eigenvalue weighted by Crippen LogP contribution is 2.29. The van der Waals surface area contributed by atoms with Gasteiger partial charge in [-0.05, 0) is 36.8 Å². The van der Waals surface area contributed by atoms with Crippen LogP contribution >= 0.6 is 11.3 Å². The molecule has 5 N–H and O–H groups in total. The van der Waals surface area contributed by atoms with Crippen LogP contribution in [-0.2, 0) is 30.3 Å². The second-order valence-electron chi connectivity index (χ2n) is 12.6. The zero-order valence-electron chi connectivity index (χ0n) is 28.4. The number of nitro benzene ring substituents is 1. The minimum atomic E-state index is -1.35. The van der Waals surface area contributed by atoms with E-state index in [4.69, 9.17) is 4.74 Å². The molecular formula is C33H46N6O9S. The van der Waals surface area contributed by atoms with Crippen molar-refractivity contribution in [1.29, 1.82) is 0 Å². The fourth-order valence-electron chi connectivity index (χ4n) is 5.39. The van der Waals surface area contributed by atoms with Crippen LogP contribution in [0.15, 0.2) is 29.6 Å². The number of benzene rings is 1. The Morgan fingerprint density at radius 2 is 1.80 bits per heavy atom. The number of aromatic nitrogens is 1. The Morgan fingerprint density at radius 3 is 2.35 bits per heavy atom. The van der Waals surface area contributed by atoms with Gasteiger partial charge in [0.25, 0.3) is 11.6 Å². The zero-order valence-corrected chi connectivity index (χ0v) is 29.2. The maximum absolute atomic E-state index is 13.6. The molecule has 15 nitrogen and oxygen atoms in total. The van der Waals surface area contributed by atoms with Gasteiger partial charge in [-0.3, -0.25) is 29.3 Å². The van der Waals surface area contributed by atoms with Gasteiger partial charge in [-0.15, -0.1) is 11.3 Å². The Hall–Kier alpha value is -4.44. The Kier molecular flexibility index (Phi) is 14.6. The molecule has 3 amide bonds. The van der Waals surface area contributed by atoms with Crippen LogP contribution in [0.4, 0.5) is 5.69 Å². The number of hydrogen-bond donors (Lipinski definition) is 5. The minimum Gasteiger partial charge on any atom is -0.480 e. The van der Waals surface area contributed by atoms with Crippen LogP contribution in [0.25, 0.3) is 0 Å². The molecule has 0 spiro atoms. The lowest BCUT2D eigenvalue weighted by Crippen LogP contribution is -2.57. The van der Waals surface area contributed by atoms with Crippen molar-refractivity contribution in [2.75, 3.05) is 6.54 Å². The fraction of sp³-hybridized carbons (Fsp3) is 0.576. The number of carboxylic acids is 1. The van der Waals surface area contributed by atoms with E-state index in [-0.39, 0.29) is 58.9 Å². The van der Waals surface area contributed by atoms with Crippen molar-refractivity contribution in [3.63, 3.8) is 0 Å². The van der Waals surface area contributed by atoms with E-state index in [1.54, 1.807) is 0 Å². The monoisotopic (exact) mass is 702 g/mol. The number of nitrogens with one attached hydrogen (secondary N) is 4. The van der Waals surface area contributed by atoms with Crippen LogP contribution < -0.4 is 21.3 Å². The SMILES string of the molecule is CC[C@H](C)[C@H](NC(=O)[C@H]1CCCCN1)C(=O)N[C@H](C[C@@H](OC(C)=O)c1nc(C(=O)N[C@@H](Cc2ccc([N+](=O)[O-])cc2)C(=O)O)cs1)C(C)C. The molecule has 2 aromatic rings. The van der Waals surface area contributed by atoms with Gasteiger partial charge in [-0.2, -0.15) is 0 Å². The first kappa shape index (κ1) is 39.0. The van der Waals surface area contributed by atoms with Gasteiger partial charge in [-0.1, -0.05) is 52.7 Å². The van der Waals surface area contributed by atoms with Crippen molar-refractivity contribution >= 4 is 46.7 Å². The summed E-state index contributed by atoms with van der Waals surface area (Å²) < 4.78 is 5.60. The number of nitrogens with zero attached hydrogens (tertiary/aromatic N) is 2. The molecule has 268 valence electrons. The predicted molar refractivity (Wildman–Crippen MR) is 181 cm³/mol. The van der Waals surface area contributed by atoms with Crippen LogP contribution in [0, 0.1) is 22.0 Å². The van der Waals surface area contributed by atoms with Crippen molar-refractivity contribution in [2.45, 2.75) is 103 Å². The molecule has 1 fully saturated rings. The number of ether oxygens (including phenoxy) is 1. The van der Waals surface area contributed by atoms with Gasteiger partial charge in [-0.25, -0.2) is 9.78 Å². The lowest BCUT2D eigenvalue weighted by atomic mass is 9.94. The quantitative estimate of drug-likeness (QED) is 0.0915. The van der Waals surface area contributed by atoms with Gasteiger partial charge in [0.1, 0.15) is 22.8 Å². The number of nitro groups is 1. The van der Waals surface area contributed by atoms with Crippen LogP contribution in [0.5, 0.6) is 0 Å². The number of piperidine rings is 1. The second kappa shape index (κ2) is 18.4. The molecule has 1 aliphatic rings. The number of thiazole rings is 1. The third-order valence-electron chi connectivity index (χ3n) is 8.55. The van der Waals surface area contributed by atoms with Crippen molar-refractivity contribution in [3.05, 3.63) is 56.0 Å². The Balaban J connectivity index is 1.73. The highest BCUT2D eigenvalue weighted by molar-refractivity contribution is 7.09. The van der Waals surface area contributed by atoms with E-state index in [0.717, 1.165) is 30.7 Å². The lowest BCUT2D eigenvalue weighted by Gasteiger charge is -2.31. The summed E-state index contributed by atoms with van der Waals surface area (Å²) in [4.78, 5) is 78.5. The Morgan fingerprint density at radius 1 is 1.10 bits per heavy atom. The van der Waals surface area contributed by atoms with Crippen LogP contribution in [-0.4, -0.2) is 75.4 Å². The number of carboxylic acid groups (broad SMARTS) is 1. The molecule has 0 unspecified atom stereocenters. The number of aliphatic carboxylic acids is 1. The molecule has 0 aliphatic carbocycles. The highest BCUT2D eigenvalue weighted by Gasteiger charge is 2.33. The molecule has 0 radical (unpaired) electrons. The molecular weight excluding hydrogens is 656 g/mol. The predicted octanol–water partition coefficient (Wildman–Crippen LogP) is 3.29. The summed E-state index contributed by atoms with van der Waals surface area (Å²) in [5.74, 6) is -3.52. The van der Waals surface area contributed by atoms with E-state index in [0.29, 0.717) is 18.4 Å². The molecule has 1 aromatic carbocycles. The van der Waals surface area contributed by atoms with Gasteiger partial charge >= 0.3 is 11.9 Å². The molecule has 2 heterocycles. The minimum absolute atomic E-state index is 0.0897. The summed E-state index contributed by atoms with van der Waals surface area (Å²) in [6.07, 6.45) is 2.34. The van der Waals surface area contributed by atoms with Crippen molar-refractivity contribution < 1.29 is 38.7 Å². The van der Waals surface area contributed by atoms with Gasteiger partial charge in [0.2, 0.25) is 11.8 Å². The first-order valence-electron chi connectivity index (χ1n) is 16.4. The van der Waals surface area contributed by atoms with E-state index in [2.05, 4.69) is 26.3 Å². The molecule has 0 bridgehead atoms. The summed E-state index contributed by atoms with van der Waals surface area (Å²) in [6.45, 7) is 9.62. The number of carbonyl (C=O) groups excluding carboxylic acids is 4. The fourth-order valence-corrected chi connectivity index (χ4v) is 6.23. The van der Waals surface area contributed by atoms with E-state index in [1.165, 1.54) is 36.6 Å². The Labute approximate surface area is 289 Å².